The number of ether oxygens (including phenoxy) is 1. The number of unbranched alkanes of at least 4 members (excludes halogenated alkanes) is 1. The van der Waals surface area contributed by atoms with Crippen LogP contribution in [0.4, 0.5) is 5.13 Å². The Morgan fingerprint density at radius 1 is 1.19 bits per heavy atom. The molecule has 4 aromatic rings. The molecule has 0 N–H and O–H groups in total. The van der Waals surface area contributed by atoms with Crippen LogP contribution in [0, 0.1) is 6.92 Å². The smallest absolute Gasteiger partial charge is 0.297 e. The number of nitrogens with zero attached hydrogens (tertiary/aromatic N) is 3. The maximum absolute atomic E-state index is 13.6. The van der Waals surface area contributed by atoms with E-state index >= 15 is 0 Å². The third-order valence-corrected chi connectivity index (χ3v) is 6.21. The predicted octanol–water partition coefficient (Wildman–Crippen LogP) is 4.88. The standard InChI is InChI=1S/C24H21N3O4S/c1-3-4-10-30-16-7-5-6-15(12-16)20-19-21(28)17-11-14(2)8-9-18(17)31-22(19)23(29)27(20)24-26-25-13-32-24/h5-9,11-13,20H,3-4,10H2,1-2H3. The number of fused-ring (bicyclic) bond motifs is 2. The second-order valence-corrected chi connectivity index (χ2v) is 8.56. The van der Waals surface area contributed by atoms with E-state index in [1.807, 2.05) is 37.3 Å². The maximum Gasteiger partial charge on any atom is 0.297 e. The molecule has 32 heavy (non-hydrogen) atoms. The van der Waals surface area contributed by atoms with Crippen LogP contribution < -0.4 is 15.1 Å². The zero-order chi connectivity index (χ0) is 22.2. The van der Waals surface area contributed by atoms with Gasteiger partial charge in [-0.25, -0.2) is 0 Å². The van der Waals surface area contributed by atoms with Crippen molar-refractivity contribution in [1.82, 2.24) is 10.2 Å². The van der Waals surface area contributed by atoms with Crippen LogP contribution >= 0.6 is 11.3 Å². The number of hydrogen-bond acceptors (Lipinski definition) is 7. The van der Waals surface area contributed by atoms with Gasteiger partial charge in [-0.15, -0.1) is 10.2 Å². The quantitative estimate of drug-likeness (QED) is 0.392. The van der Waals surface area contributed by atoms with Gasteiger partial charge in [0, 0.05) is 0 Å². The highest BCUT2D eigenvalue weighted by atomic mass is 32.1. The van der Waals surface area contributed by atoms with Gasteiger partial charge in [0.05, 0.1) is 23.6 Å². The molecule has 1 amide bonds. The van der Waals surface area contributed by atoms with Crippen molar-refractivity contribution in [3.63, 3.8) is 0 Å². The Hall–Kier alpha value is -3.52. The third-order valence-electron chi connectivity index (χ3n) is 5.52. The molecule has 1 aliphatic heterocycles. The van der Waals surface area contributed by atoms with Crippen molar-refractivity contribution in [3.05, 3.63) is 80.6 Å². The summed E-state index contributed by atoms with van der Waals surface area (Å²) in [5.74, 6) is 0.331. The number of benzene rings is 2. The van der Waals surface area contributed by atoms with Crippen molar-refractivity contribution in [3.8, 4) is 5.75 Å². The summed E-state index contributed by atoms with van der Waals surface area (Å²) in [6.07, 6.45) is 1.98. The number of carbonyl (C=O) groups excluding carboxylic acids is 1. The summed E-state index contributed by atoms with van der Waals surface area (Å²) >= 11 is 1.23. The lowest BCUT2D eigenvalue weighted by atomic mass is 9.98. The van der Waals surface area contributed by atoms with Crippen molar-refractivity contribution in [2.24, 2.45) is 0 Å². The summed E-state index contributed by atoms with van der Waals surface area (Å²) in [5, 5.41) is 8.85. The largest absolute Gasteiger partial charge is 0.494 e. The van der Waals surface area contributed by atoms with E-state index in [1.165, 1.54) is 16.2 Å². The molecule has 3 heterocycles. The first-order valence-corrected chi connectivity index (χ1v) is 11.4. The summed E-state index contributed by atoms with van der Waals surface area (Å²) in [5.41, 5.74) is 3.74. The molecule has 5 rings (SSSR count). The number of hydrogen-bond donors (Lipinski definition) is 0. The van der Waals surface area contributed by atoms with Gasteiger partial charge in [0.25, 0.3) is 5.91 Å². The molecule has 2 aromatic carbocycles. The second-order valence-electron chi connectivity index (χ2n) is 7.75. The minimum atomic E-state index is -0.679. The van der Waals surface area contributed by atoms with Gasteiger partial charge in [-0.2, -0.15) is 0 Å². The lowest BCUT2D eigenvalue weighted by Crippen LogP contribution is -2.29. The number of amides is 1. The summed E-state index contributed by atoms with van der Waals surface area (Å²) in [6.45, 7) is 4.62. The topological polar surface area (TPSA) is 85.5 Å². The van der Waals surface area contributed by atoms with Gasteiger partial charge >= 0.3 is 0 Å². The van der Waals surface area contributed by atoms with Crippen LogP contribution in [0.25, 0.3) is 11.0 Å². The fourth-order valence-electron chi connectivity index (χ4n) is 3.98. The normalized spacial score (nSPS) is 15.4. The Morgan fingerprint density at radius 3 is 2.84 bits per heavy atom. The second kappa shape index (κ2) is 8.20. The molecular weight excluding hydrogens is 426 g/mol. The Morgan fingerprint density at radius 2 is 2.06 bits per heavy atom. The average molecular weight is 448 g/mol. The van der Waals surface area contributed by atoms with Crippen LogP contribution in [0.1, 0.15) is 53.1 Å². The molecule has 1 aliphatic rings. The Balaban J connectivity index is 1.71. The van der Waals surface area contributed by atoms with Crippen molar-refractivity contribution in [2.45, 2.75) is 32.7 Å². The first-order valence-electron chi connectivity index (χ1n) is 10.5. The van der Waals surface area contributed by atoms with Crippen LogP contribution in [-0.2, 0) is 0 Å². The number of aryl methyl sites for hydroxylation is 1. The highest BCUT2D eigenvalue weighted by Crippen LogP contribution is 2.42. The number of rotatable bonds is 6. The minimum absolute atomic E-state index is 0.0452. The van der Waals surface area contributed by atoms with E-state index < -0.39 is 11.9 Å². The fourth-order valence-corrected chi connectivity index (χ4v) is 4.57. The van der Waals surface area contributed by atoms with Crippen molar-refractivity contribution >= 4 is 33.3 Å². The van der Waals surface area contributed by atoms with Crippen molar-refractivity contribution in [2.75, 3.05) is 11.5 Å². The van der Waals surface area contributed by atoms with E-state index in [-0.39, 0.29) is 11.2 Å². The van der Waals surface area contributed by atoms with E-state index in [1.54, 1.807) is 17.6 Å². The SMILES string of the molecule is CCCCOc1cccc(C2c3c(oc4ccc(C)cc4c3=O)C(=O)N2c2nncs2)c1. The minimum Gasteiger partial charge on any atom is -0.494 e. The van der Waals surface area contributed by atoms with E-state index in [0.717, 1.165) is 24.0 Å². The molecule has 0 fully saturated rings. The fraction of sp³-hybridized carbons (Fsp3) is 0.250. The van der Waals surface area contributed by atoms with E-state index in [2.05, 4.69) is 17.1 Å². The Labute approximate surface area is 188 Å². The predicted molar refractivity (Wildman–Crippen MR) is 123 cm³/mol. The Bertz CT molecular complexity index is 1360. The molecule has 1 atom stereocenters. The summed E-state index contributed by atoms with van der Waals surface area (Å²) in [7, 11) is 0. The molecule has 8 heteroatoms. The zero-order valence-corrected chi connectivity index (χ0v) is 18.5. The first kappa shape index (κ1) is 20.4. The first-order chi connectivity index (χ1) is 15.6. The number of carbonyl (C=O) groups is 1. The van der Waals surface area contributed by atoms with Gasteiger partial charge < -0.3 is 9.15 Å². The highest BCUT2D eigenvalue weighted by molar-refractivity contribution is 7.13. The van der Waals surface area contributed by atoms with Gasteiger partial charge in [0.15, 0.2) is 5.43 Å². The summed E-state index contributed by atoms with van der Waals surface area (Å²) < 4.78 is 11.8. The molecule has 0 spiro atoms. The van der Waals surface area contributed by atoms with E-state index in [4.69, 9.17) is 9.15 Å². The van der Waals surface area contributed by atoms with Crippen molar-refractivity contribution < 1.29 is 13.9 Å². The van der Waals surface area contributed by atoms with Gasteiger partial charge in [-0.05, 0) is 43.2 Å². The van der Waals surface area contributed by atoms with E-state index in [0.29, 0.717) is 34.0 Å². The third kappa shape index (κ3) is 3.36. The monoisotopic (exact) mass is 447 g/mol. The average Bonchev–Trinajstić information content (AvgIpc) is 3.41. The molecule has 1 unspecified atom stereocenters. The van der Waals surface area contributed by atoms with Crippen LogP contribution in [0.5, 0.6) is 5.75 Å². The zero-order valence-electron chi connectivity index (χ0n) is 17.7. The van der Waals surface area contributed by atoms with E-state index in [9.17, 15) is 9.59 Å². The Kier molecular flexibility index (Phi) is 5.22. The van der Waals surface area contributed by atoms with Crippen LogP contribution in [0.2, 0.25) is 0 Å². The molecule has 0 aliphatic carbocycles. The van der Waals surface area contributed by atoms with Crippen LogP contribution in [0.3, 0.4) is 0 Å². The number of anilines is 1. The highest BCUT2D eigenvalue weighted by Gasteiger charge is 2.45. The van der Waals surface area contributed by atoms with Crippen LogP contribution in [-0.4, -0.2) is 22.7 Å². The number of aromatic nitrogens is 2. The molecule has 7 nitrogen and oxygen atoms in total. The molecule has 0 radical (unpaired) electrons. The molecule has 2 aromatic heterocycles. The van der Waals surface area contributed by atoms with Gasteiger partial charge in [-0.3, -0.25) is 14.5 Å². The maximum atomic E-state index is 13.6. The molecule has 0 saturated heterocycles. The lowest BCUT2D eigenvalue weighted by molar-refractivity contribution is 0.0970. The molecular formula is C24H21N3O4S. The van der Waals surface area contributed by atoms with Crippen molar-refractivity contribution in [1.29, 1.82) is 0 Å². The van der Waals surface area contributed by atoms with Gasteiger partial charge in [-0.1, -0.05) is 48.4 Å². The van der Waals surface area contributed by atoms with Gasteiger partial charge in [0.1, 0.15) is 16.8 Å². The summed E-state index contributed by atoms with van der Waals surface area (Å²) in [6, 6.07) is 12.2. The lowest BCUT2D eigenvalue weighted by Gasteiger charge is -2.22. The molecule has 0 saturated carbocycles. The molecule has 162 valence electrons. The van der Waals surface area contributed by atoms with Gasteiger partial charge in [0.2, 0.25) is 10.9 Å². The summed E-state index contributed by atoms with van der Waals surface area (Å²) in [4.78, 5) is 28.5. The molecule has 0 bridgehead atoms. The van der Waals surface area contributed by atoms with Crippen LogP contribution in [0.15, 0.2) is 57.2 Å².